The first-order valence-electron chi connectivity index (χ1n) is 8.33. The molecule has 1 N–H and O–H groups in total. The predicted octanol–water partition coefficient (Wildman–Crippen LogP) is 2.84. The van der Waals surface area contributed by atoms with Crippen molar-refractivity contribution in [3.05, 3.63) is 59.9 Å². The number of para-hydroxylation sites is 1. The summed E-state index contributed by atoms with van der Waals surface area (Å²) in [4.78, 5) is 6.57. The molecule has 0 aliphatic carbocycles. The minimum atomic E-state index is 0.552. The van der Waals surface area contributed by atoms with Crippen LogP contribution >= 0.6 is 0 Å². The van der Waals surface area contributed by atoms with Crippen molar-refractivity contribution in [3.63, 3.8) is 0 Å². The second-order valence-electron chi connectivity index (χ2n) is 6.17. The number of rotatable bonds is 7. The first-order valence-corrected chi connectivity index (χ1v) is 8.33. The minimum Gasteiger partial charge on any atom is -0.489 e. The molecule has 23 heavy (non-hydrogen) atoms. The zero-order valence-electron chi connectivity index (χ0n) is 13.7. The number of benzene rings is 1. The van der Waals surface area contributed by atoms with E-state index < -0.39 is 0 Å². The van der Waals surface area contributed by atoms with E-state index in [-0.39, 0.29) is 0 Å². The number of likely N-dealkylation sites (N-methyl/N-ethyl adjacent to an activating group) is 1. The number of hydrogen-bond donors (Lipinski definition) is 1. The third-order valence-corrected chi connectivity index (χ3v) is 4.46. The summed E-state index contributed by atoms with van der Waals surface area (Å²) in [6.07, 6.45) is 6.23. The fourth-order valence-corrected chi connectivity index (χ4v) is 3.05. The van der Waals surface area contributed by atoms with Crippen molar-refractivity contribution < 1.29 is 4.74 Å². The average molecular weight is 311 g/mol. The molecule has 4 nitrogen and oxygen atoms in total. The van der Waals surface area contributed by atoms with Crippen LogP contribution in [0, 0.1) is 0 Å². The molecule has 122 valence electrons. The van der Waals surface area contributed by atoms with E-state index >= 15 is 0 Å². The molecule has 2 heterocycles. The average Bonchev–Trinajstić information content (AvgIpc) is 3.00. The second-order valence-corrected chi connectivity index (χ2v) is 6.17. The number of nitrogens with one attached hydrogen (secondary N) is 1. The fraction of sp³-hybridized carbons (Fsp3) is 0.421. The van der Waals surface area contributed by atoms with Crippen LogP contribution in [-0.2, 0) is 13.2 Å². The normalized spacial score (nSPS) is 18.2. The lowest BCUT2D eigenvalue weighted by atomic mass is 10.2. The summed E-state index contributed by atoms with van der Waals surface area (Å²) in [5.41, 5.74) is 2.29. The van der Waals surface area contributed by atoms with Gasteiger partial charge in [0.1, 0.15) is 12.4 Å². The third-order valence-electron chi connectivity index (χ3n) is 4.46. The number of likely N-dealkylation sites (tertiary alicyclic amines) is 1. The Balaban J connectivity index is 1.53. The van der Waals surface area contributed by atoms with E-state index in [0.29, 0.717) is 12.6 Å². The number of nitrogens with zero attached hydrogens (tertiary/aromatic N) is 2. The number of pyridine rings is 1. The van der Waals surface area contributed by atoms with Crippen LogP contribution in [0.1, 0.15) is 24.0 Å². The maximum absolute atomic E-state index is 5.98. The maximum Gasteiger partial charge on any atom is 0.124 e. The van der Waals surface area contributed by atoms with Crippen molar-refractivity contribution in [2.45, 2.75) is 32.0 Å². The summed E-state index contributed by atoms with van der Waals surface area (Å²) in [5, 5.41) is 3.58. The van der Waals surface area contributed by atoms with Gasteiger partial charge in [-0.15, -0.1) is 0 Å². The molecule has 2 aromatic rings. The molecule has 0 bridgehead atoms. The van der Waals surface area contributed by atoms with Gasteiger partial charge in [-0.3, -0.25) is 4.98 Å². The fourth-order valence-electron chi connectivity index (χ4n) is 3.05. The van der Waals surface area contributed by atoms with Gasteiger partial charge in [0.15, 0.2) is 0 Å². The molecule has 1 unspecified atom stereocenters. The Morgan fingerprint density at radius 1 is 1.26 bits per heavy atom. The first kappa shape index (κ1) is 16.0. The zero-order chi connectivity index (χ0) is 15.9. The smallest absolute Gasteiger partial charge is 0.124 e. The van der Waals surface area contributed by atoms with Gasteiger partial charge >= 0.3 is 0 Å². The third kappa shape index (κ3) is 4.53. The van der Waals surface area contributed by atoms with Crippen LogP contribution in [0.25, 0.3) is 0 Å². The van der Waals surface area contributed by atoms with Crippen LogP contribution in [0.4, 0.5) is 0 Å². The standard InChI is InChI=1S/C19H25N3O/c1-22-11-5-8-18(22)14-21-13-17-7-2-3-9-19(17)23-15-16-6-4-10-20-12-16/h2-4,6-7,9-10,12,18,21H,5,8,11,13-15H2,1H3. The van der Waals surface area contributed by atoms with Gasteiger partial charge < -0.3 is 15.0 Å². The van der Waals surface area contributed by atoms with Crippen LogP contribution in [0.2, 0.25) is 0 Å². The van der Waals surface area contributed by atoms with Gasteiger partial charge in [-0.25, -0.2) is 0 Å². The highest BCUT2D eigenvalue weighted by Crippen LogP contribution is 2.19. The van der Waals surface area contributed by atoms with Crippen molar-refractivity contribution in [2.75, 3.05) is 20.1 Å². The highest BCUT2D eigenvalue weighted by Gasteiger charge is 2.20. The van der Waals surface area contributed by atoms with Crippen LogP contribution in [0.15, 0.2) is 48.8 Å². The molecule has 1 fully saturated rings. The summed E-state index contributed by atoms with van der Waals surface area (Å²) in [6.45, 7) is 3.65. The van der Waals surface area contributed by atoms with Gasteiger partial charge in [0.05, 0.1) is 0 Å². The van der Waals surface area contributed by atoms with Crippen molar-refractivity contribution in [2.24, 2.45) is 0 Å². The quantitative estimate of drug-likeness (QED) is 0.853. The topological polar surface area (TPSA) is 37.4 Å². The highest BCUT2D eigenvalue weighted by atomic mass is 16.5. The molecular weight excluding hydrogens is 286 g/mol. The SMILES string of the molecule is CN1CCCC1CNCc1ccccc1OCc1cccnc1. The molecule has 1 aromatic heterocycles. The van der Waals surface area contributed by atoms with Crippen molar-refractivity contribution in [1.82, 2.24) is 15.2 Å². The molecule has 1 aliphatic heterocycles. The molecule has 1 aromatic carbocycles. The lowest BCUT2D eigenvalue weighted by Crippen LogP contribution is -2.35. The Morgan fingerprint density at radius 2 is 2.17 bits per heavy atom. The van der Waals surface area contributed by atoms with E-state index in [9.17, 15) is 0 Å². The van der Waals surface area contributed by atoms with Crippen molar-refractivity contribution in [1.29, 1.82) is 0 Å². The lowest BCUT2D eigenvalue weighted by molar-refractivity contribution is 0.293. The molecule has 0 spiro atoms. The summed E-state index contributed by atoms with van der Waals surface area (Å²) < 4.78 is 5.98. The van der Waals surface area contributed by atoms with Gasteiger partial charge in [0.25, 0.3) is 0 Å². The molecule has 4 heteroatoms. The Morgan fingerprint density at radius 3 is 2.96 bits per heavy atom. The Kier molecular flexibility index (Phi) is 5.61. The molecular formula is C19H25N3O. The number of ether oxygens (including phenoxy) is 1. The predicted molar refractivity (Wildman–Crippen MR) is 92.4 cm³/mol. The van der Waals surface area contributed by atoms with E-state index in [1.54, 1.807) is 6.20 Å². The Hall–Kier alpha value is -1.91. The molecule has 3 rings (SSSR count). The van der Waals surface area contributed by atoms with Crippen LogP contribution in [0.3, 0.4) is 0 Å². The zero-order valence-corrected chi connectivity index (χ0v) is 13.7. The van der Waals surface area contributed by atoms with E-state index in [2.05, 4.69) is 34.4 Å². The minimum absolute atomic E-state index is 0.552. The highest BCUT2D eigenvalue weighted by molar-refractivity contribution is 5.33. The van der Waals surface area contributed by atoms with Crippen molar-refractivity contribution >= 4 is 0 Å². The monoisotopic (exact) mass is 311 g/mol. The van der Waals surface area contributed by atoms with Crippen LogP contribution in [0.5, 0.6) is 5.75 Å². The number of hydrogen-bond acceptors (Lipinski definition) is 4. The Bertz CT molecular complexity index is 603. The lowest BCUT2D eigenvalue weighted by Gasteiger charge is -2.20. The molecule has 0 saturated carbocycles. The number of aromatic nitrogens is 1. The summed E-state index contributed by atoms with van der Waals surface area (Å²) >= 11 is 0. The van der Waals surface area contributed by atoms with Crippen LogP contribution in [-0.4, -0.2) is 36.1 Å². The molecule has 0 radical (unpaired) electrons. The summed E-state index contributed by atoms with van der Waals surface area (Å²) in [5.74, 6) is 0.948. The van der Waals surface area contributed by atoms with E-state index in [0.717, 1.165) is 24.4 Å². The van der Waals surface area contributed by atoms with Gasteiger partial charge in [0, 0.05) is 42.7 Å². The van der Waals surface area contributed by atoms with Gasteiger partial charge in [-0.1, -0.05) is 24.3 Å². The van der Waals surface area contributed by atoms with Gasteiger partial charge in [0.2, 0.25) is 0 Å². The van der Waals surface area contributed by atoms with E-state index in [1.807, 2.05) is 30.5 Å². The van der Waals surface area contributed by atoms with Gasteiger partial charge in [-0.2, -0.15) is 0 Å². The van der Waals surface area contributed by atoms with Crippen LogP contribution < -0.4 is 10.1 Å². The molecule has 0 amide bonds. The van der Waals surface area contributed by atoms with E-state index in [4.69, 9.17) is 4.74 Å². The molecule has 1 saturated heterocycles. The van der Waals surface area contributed by atoms with E-state index in [1.165, 1.54) is 24.9 Å². The van der Waals surface area contributed by atoms with Gasteiger partial charge in [-0.05, 0) is 38.6 Å². The van der Waals surface area contributed by atoms with Crippen molar-refractivity contribution in [3.8, 4) is 5.75 Å². The molecule has 1 atom stereocenters. The largest absolute Gasteiger partial charge is 0.489 e. The Labute approximate surface area is 138 Å². The second kappa shape index (κ2) is 8.09. The maximum atomic E-state index is 5.98. The summed E-state index contributed by atoms with van der Waals surface area (Å²) in [6, 6.07) is 12.9. The summed E-state index contributed by atoms with van der Waals surface area (Å²) in [7, 11) is 2.21. The first-order chi connectivity index (χ1) is 11.3. The molecule has 1 aliphatic rings.